The lowest BCUT2D eigenvalue weighted by Gasteiger charge is -2.08. The van der Waals surface area contributed by atoms with Crippen LogP contribution in [0.15, 0.2) is 41.1 Å². The van der Waals surface area contributed by atoms with E-state index in [0.29, 0.717) is 22.3 Å². The number of halogens is 3. The van der Waals surface area contributed by atoms with Crippen LogP contribution in [0.4, 0.5) is 0 Å². The molecule has 0 aliphatic carbocycles. The Bertz CT molecular complexity index is 957. The summed E-state index contributed by atoms with van der Waals surface area (Å²) in [6.45, 7) is 3.02. The molecule has 0 radical (unpaired) electrons. The summed E-state index contributed by atoms with van der Waals surface area (Å²) < 4.78 is 9.73. The third-order valence-electron chi connectivity index (χ3n) is 3.73. The highest BCUT2D eigenvalue weighted by Crippen LogP contribution is 2.27. The van der Waals surface area contributed by atoms with Gasteiger partial charge in [-0.15, -0.1) is 0 Å². The van der Waals surface area contributed by atoms with Gasteiger partial charge in [0.15, 0.2) is 6.73 Å². The van der Waals surface area contributed by atoms with E-state index in [0.717, 1.165) is 10.2 Å². The van der Waals surface area contributed by atoms with Crippen LogP contribution in [0.3, 0.4) is 0 Å². The molecule has 142 valence electrons. The van der Waals surface area contributed by atoms with Gasteiger partial charge in [0.2, 0.25) is 0 Å². The molecule has 1 amide bonds. The Hall–Kier alpha value is -2.03. The predicted octanol–water partition coefficient (Wildman–Crippen LogP) is 4.14. The summed E-state index contributed by atoms with van der Waals surface area (Å²) in [5, 5.41) is 12.1. The van der Waals surface area contributed by atoms with E-state index in [1.54, 1.807) is 35.3 Å². The highest BCUT2D eigenvalue weighted by molar-refractivity contribution is 9.10. The molecule has 0 spiro atoms. The Morgan fingerprint density at radius 1 is 1.30 bits per heavy atom. The van der Waals surface area contributed by atoms with Crippen LogP contribution >= 0.6 is 39.1 Å². The standard InChI is InChI=1S/C17H16BrCl2N5O2/c1-2-25-15(13(20)8-22-25)9-21-17(26)14-5-6-24(23-14)10-27-16-4-3-11(18)7-12(16)19/h3-8H,2,9-10H2,1H3,(H,21,26). The molecule has 10 heteroatoms. The van der Waals surface area contributed by atoms with Crippen molar-refractivity contribution in [2.75, 3.05) is 0 Å². The first kappa shape index (κ1) is 19.7. The van der Waals surface area contributed by atoms with Gasteiger partial charge in [0.25, 0.3) is 5.91 Å². The average Bonchev–Trinajstić information content (AvgIpc) is 3.25. The molecule has 1 N–H and O–H groups in total. The SMILES string of the molecule is CCn1ncc(Cl)c1CNC(=O)c1ccn(COc2ccc(Br)cc2Cl)n1. The minimum absolute atomic E-state index is 0.128. The fourth-order valence-electron chi connectivity index (χ4n) is 2.37. The van der Waals surface area contributed by atoms with Crippen LogP contribution in [0.1, 0.15) is 23.1 Å². The number of rotatable bonds is 7. The van der Waals surface area contributed by atoms with Gasteiger partial charge in [0.1, 0.15) is 11.4 Å². The predicted molar refractivity (Wildman–Crippen MR) is 106 cm³/mol. The van der Waals surface area contributed by atoms with E-state index in [-0.39, 0.29) is 24.9 Å². The Kier molecular flexibility index (Phi) is 6.41. The fraction of sp³-hybridized carbons (Fsp3) is 0.235. The lowest BCUT2D eigenvalue weighted by atomic mass is 10.3. The van der Waals surface area contributed by atoms with Gasteiger partial charge in [-0.1, -0.05) is 39.1 Å². The second kappa shape index (κ2) is 8.77. The van der Waals surface area contributed by atoms with Crippen molar-refractivity contribution in [3.8, 4) is 5.75 Å². The zero-order valence-electron chi connectivity index (χ0n) is 14.3. The number of nitrogens with one attached hydrogen (secondary N) is 1. The van der Waals surface area contributed by atoms with Crippen LogP contribution in [0.2, 0.25) is 10.0 Å². The molecule has 3 rings (SSSR count). The van der Waals surface area contributed by atoms with E-state index >= 15 is 0 Å². The topological polar surface area (TPSA) is 74.0 Å². The van der Waals surface area contributed by atoms with Gasteiger partial charge in [-0.3, -0.25) is 9.48 Å². The molecule has 3 aromatic rings. The average molecular weight is 473 g/mol. The van der Waals surface area contributed by atoms with Crippen molar-refractivity contribution in [1.29, 1.82) is 0 Å². The summed E-state index contributed by atoms with van der Waals surface area (Å²) in [4.78, 5) is 12.3. The van der Waals surface area contributed by atoms with E-state index in [1.807, 2.05) is 13.0 Å². The summed E-state index contributed by atoms with van der Waals surface area (Å²) in [6, 6.07) is 6.94. The molecule has 0 saturated heterocycles. The maximum absolute atomic E-state index is 12.3. The second-order valence-corrected chi connectivity index (χ2v) is 7.26. The summed E-state index contributed by atoms with van der Waals surface area (Å²) in [5.41, 5.74) is 1.03. The van der Waals surface area contributed by atoms with Gasteiger partial charge in [-0.2, -0.15) is 10.2 Å². The van der Waals surface area contributed by atoms with E-state index in [1.165, 1.54) is 4.68 Å². The molecule has 27 heavy (non-hydrogen) atoms. The molecule has 0 bridgehead atoms. The summed E-state index contributed by atoms with van der Waals surface area (Å²) in [6.07, 6.45) is 3.22. The van der Waals surface area contributed by atoms with Crippen molar-refractivity contribution >= 4 is 45.0 Å². The maximum Gasteiger partial charge on any atom is 0.272 e. The third-order valence-corrected chi connectivity index (χ3v) is 4.84. The number of aryl methyl sites for hydroxylation is 1. The Morgan fingerprint density at radius 2 is 2.11 bits per heavy atom. The van der Waals surface area contributed by atoms with Crippen LogP contribution in [0.5, 0.6) is 5.75 Å². The summed E-state index contributed by atoms with van der Waals surface area (Å²) in [5.74, 6) is 0.221. The first-order valence-electron chi connectivity index (χ1n) is 8.07. The van der Waals surface area contributed by atoms with Crippen molar-refractivity contribution in [2.24, 2.45) is 0 Å². The molecular formula is C17H16BrCl2N5O2. The quantitative estimate of drug-likeness (QED) is 0.560. The lowest BCUT2D eigenvalue weighted by molar-refractivity contribution is 0.0943. The number of carbonyl (C=O) groups is 1. The Labute approximate surface area is 174 Å². The molecule has 7 nitrogen and oxygen atoms in total. The molecule has 2 heterocycles. The first-order valence-corrected chi connectivity index (χ1v) is 9.62. The molecule has 2 aromatic heterocycles. The molecule has 0 unspecified atom stereocenters. The zero-order valence-corrected chi connectivity index (χ0v) is 17.4. The maximum atomic E-state index is 12.3. The zero-order chi connectivity index (χ0) is 19.4. The number of hydrogen-bond acceptors (Lipinski definition) is 4. The molecule has 0 atom stereocenters. The molecular weight excluding hydrogens is 457 g/mol. The monoisotopic (exact) mass is 471 g/mol. The number of benzene rings is 1. The van der Waals surface area contributed by atoms with Gasteiger partial charge in [-0.25, -0.2) is 4.68 Å². The van der Waals surface area contributed by atoms with Crippen LogP contribution < -0.4 is 10.1 Å². The summed E-state index contributed by atoms with van der Waals surface area (Å²) >= 11 is 15.5. The highest BCUT2D eigenvalue weighted by atomic mass is 79.9. The summed E-state index contributed by atoms with van der Waals surface area (Å²) in [7, 11) is 0. The third kappa shape index (κ3) is 4.82. The fourth-order valence-corrected chi connectivity index (χ4v) is 3.31. The largest absolute Gasteiger partial charge is 0.470 e. The lowest BCUT2D eigenvalue weighted by Crippen LogP contribution is -2.25. The molecule has 1 aromatic carbocycles. The molecule has 0 aliphatic heterocycles. The van der Waals surface area contributed by atoms with Crippen molar-refractivity contribution in [3.05, 3.63) is 62.6 Å². The van der Waals surface area contributed by atoms with Crippen LogP contribution in [-0.2, 0) is 19.8 Å². The van der Waals surface area contributed by atoms with Crippen molar-refractivity contribution in [2.45, 2.75) is 26.7 Å². The van der Waals surface area contributed by atoms with Crippen molar-refractivity contribution < 1.29 is 9.53 Å². The van der Waals surface area contributed by atoms with E-state index in [2.05, 4.69) is 31.4 Å². The Balaban J connectivity index is 1.58. The normalized spacial score (nSPS) is 10.8. The van der Waals surface area contributed by atoms with Crippen LogP contribution in [0.25, 0.3) is 0 Å². The van der Waals surface area contributed by atoms with Crippen molar-refractivity contribution in [1.82, 2.24) is 24.9 Å². The second-order valence-electron chi connectivity index (χ2n) is 5.53. The molecule has 0 aliphatic rings. The van der Waals surface area contributed by atoms with Gasteiger partial charge in [0, 0.05) is 17.2 Å². The van der Waals surface area contributed by atoms with Gasteiger partial charge in [0.05, 0.1) is 28.5 Å². The van der Waals surface area contributed by atoms with Gasteiger partial charge in [-0.05, 0) is 31.2 Å². The molecule has 0 saturated carbocycles. The number of aromatic nitrogens is 4. The van der Waals surface area contributed by atoms with Gasteiger partial charge < -0.3 is 10.1 Å². The van der Waals surface area contributed by atoms with Crippen LogP contribution in [0, 0.1) is 0 Å². The number of amides is 1. The van der Waals surface area contributed by atoms with Crippen LogP contribution in [-0.4, -0.2) is 25.5 Å². The van der Waals surface area contributed by atoms with Crippen molar-refractivity contribution in [3.63, 3.8) is 0 Å². The number of hydrogen-bond donors (Lipinski definition) is 1. The smallest absolute Gasteiger partial charge is 0.272 e. The molecule has 0 fully saturated rings. The minimum Gasteiger partial charge on any atom is -0.470 e. The number of nitrogens with zero attached hydrogens (tertiary/aromatic N) is 4. The van der Waals surface area contributed by atoms with E-state index in [4.69, 9.17) is 27.9 Å². The number of carbonyl (C=O) groups excluding carboxylic acids is 1. The first-order chi connectivity index (χ1) is 13.0. The highest BCUT2D eigenvalue weighted by Gasteiger charge is 2.13. The van der Waals surface area contributed by atoms with E-state index in [9.17, 15) is 4.79 Å². The van der Waals surface area contributed by atoms with E-state index < -0.39 is 0 Å². The minimum atomic E-state index is -0.310. The Morgan fingerprint density at radius 3 is 2.85 bits per heavy atom. The number of ether oxygens (including phenoxy) is 1. The van der Waals surface area contributed by atoms with Gasteiger partial charge >= 0.3 is 0 Å².